The third-order valence-electron chi connectivity index (χ3n) is 1.95. The fraction of sp³-hybridized carbons (Fsp3) is 0.778. The van der Waals surface area contributed by atoms with Crippen molar-refractivity contribution in [1.29, 1.82) is 0 Å². The Labute approximate surface area is 79.6 Å². The van der Waals surface area contributed by atoms with Crippen molar-refractivity contribution < 1.29 is 5.11 Å². The molecule has 0 aromatic heterocycles. The van der Waals surface area contributed by atoms with Crippen LogP contribution in [0.25, 0.3) is 0 Å². The standard InChI is InChI=1S/C9H18ClNO/c1-8(7-12)9(2)11-6-4-3-5-10/h3-4,8-9,11-12H,5-7H2,1-2H3/b4-3+. The predicted molar refractivity (Wildman–Crippen MR) is 53.6 cm³/mol. The van der Waals surface area contributed by atoms with Crippen LogP contribution < -0.4 is 5.32 Å². The van der Waals surface area contributed by atoms with Crippen molar-refractivity contribution in [2.24, 2.45) is 5.92 Å². The second-order valence-corrected chi connectivity index (χ2v) is 3.29. The van der Waals surface area contributed by atoms with Crippen molar-refractivity contribution in [3.05, 3.63) is 12.2 Å². The van der Waals surface area contributed by atoms with E-state index in [-0.39, 0.29) is 6.61 Å². The van der Waals surface area contributed by atoms with Crippen molar-refractivity contribution in [2.75, 3.05) is 19.0 Å². The Hall–Kier alpha value is -0.0500. The molecule has 0 spiro atoms. The van der Waals surface area contributed by atoms with E-state index >= 15 is 0 Å². The Bertz CT molecular complexity index is 128. The number of allylic oxidation sites excluding steroid dienone is 1. The average Bonchev–Trinajstić information content (AvgIpc) is 2.10. The fourth-order valence-electron chi connectivity index (χ4n) is 0.760. The minimum absolute atomic E-state index is 0.230. The van der Waals surface area contributed by atoms with E-state index in [1.807, 2.05) is 19.1 Å². The van der Waals surface area contributed by atoms with Gasteiger partial charge in [0.05, 0.1) is 0 Å². The van der Waals surface area contributed by atoms with E-state index < -0.39 is 0 Å². The minimum atomic E-state index is 0.230. The Kier molecular flexibility index (Phi) is 7.56. The lowest BCUT2D eigenvalue weighted by Crippen LogP contribution is -2.33. The first kappa shape index (κ1) is 11.9. The molecule has 0 heterocycles. The zero-order valence-corrected chi connectivity index (χ0v) is 8.51. The monoisotopic (exact) mass is 191 g/mol. The van der Waals surface area contributed by atoms with E-state index in [1.54, 1.807) is 0 Å². The van der Waals surface area contributed by atoms with Gasteiger partial charge in [-0.25, -0.2) is 0 Å². The summed E-state index contributed by atoms with van der Waals surface area (Å²) in [6.45, 7) is 5.13. The molecule has 2 nitrogen and oxygen atoms in total. The maximum absolute atomic E-state index is 8.83. The minimum Gasteiger partial charge on any atom is -0.396 e. The quantitative estimate of drug-likeness (QED) is 0.491. The van der Waals surface area contributed by atoms with Gasteiger partial charge in [0.2, 0.25) is 0 Å². The van der Waals surface area contributed by atoms with Crippen molar-refractivity contribution in [1.82, 2.24) is 5.32 Å². The molecule has 0 aromatic carbocycles. The summed E-state index contributed by atoms with van der Waals surface area (Å²) >= 11 is 5.45. The molecule has 0 aromatic rings. The molecule has 0 aliphatic rings. The summed E-state index contributed by atoms with van der Waals surface area (Å²) < 4.78 is 0. The molecule has 0 amide bonds. The average molecular weight is 192 g/mol. The van der Waals surface area contributed by atoms with E-state index in [4.69, 9.17) is 16.7 Å². The van der Waals surface area contributed by atoms with Gasteiger partial charge in [-0.1, -0.05) is 19.1 Å². The molecule has 2 unspecified atom stereocenters. The number of nitrogens with one attached hydrogen (secondary N) is 1. The van der Waals surface area contributed by atoms with Crippen molar-refractivity contribution >= 4 is 11.6 Å². The zero-order valence-electron chi connectivity index (χ0n) is 7.76. The molecule has 12 heavy (non-hydrogen) atoms. The van der Waals surface area contributed by atoms with Crippen LogP contribution in [-0.2, 0) is 0 Å². The first-order valence-corrected chi connectivity index (χ1v) is 4.81. The van der Waals surface area contributed by atoms with Gasteiger partial charge in [-0.3, -0.25) is 0 Å². The summed E-state index contributed by atoms with van der Waals surface area (Å²) in [6, 6.07) is 0.343. The number of aliphatic hydroxyl groups excluding tert-OH is 1. The van der Waals surface area contributed by atoms with Crippen molar-refractivity contribution in [3.8, 4) is 0 Å². The molecule has 2 atom stereocenters. The Morgan fingerprint density at radius 1 is 1.42 bits per heavy atom. The molecule has 0 fully saturated rings. The molecule has 0 saturated carbocycles. The van der Waals surface area contributed by atoms with Crippen LogP contribution in [0.2, 0.25) is 0 Å². The second-order valence-electron chi connectivity index (χ2n) is 2.98. The van der Waals surface area contributed by atoms with Crippen molar-refractivity contribution in [3.63, 3.8) is 0 Å². The Morgan fingerprint density at radius 2 is 2.08 bits per heavy atom. The van der Waals surface area contributed by atoms with Gasteiger partial charge in [-0.2, -0.15) is 0 Å². The summed E-state index contributed by atoms with van der Waals surface area (Å²) in [6.07, 6.45) is 3.90. The van der Waals surface area contributed by atoms with Crippen LogP contribution in [0, 0.1) is 5.92 Å². The highest BCUT2D eigenvalue weighted by molar-refractivity contribution is 6.18. The molecule has 72 valence electrons. The van der Waals surface area contributed by atoms with Gasteiger partial charge in [0.15, 0.2) is 0 Å². The highest BCUT2D eigenvalue weighted by Gasteiger charge is 2.08. The first-order chi connectivity index (χ1) is 5.72. The molecule has 3 heteroatoms. The van der Waals surface area contributed by atoms with E-state index in [0.717, 1.165) is 6.54 Å². The summed E-state index contributed by atoms with van der Waals surface area (Å²) in [7, 11) is 0. The summed E-state index contributed by atoms with van der Waals surface area (Å²) in [5, 5.41) is 12.1. The topological polar surface area (TPSA) is 32.3 Å². The molecule has 0 rings (SSSR count). The first-order valence-electron chi connectivity index (χ1n) is 4.27. The van der Waals surface area contributed by atoms with Gasteiger partial charge in [-0.05, 0) is 12.8 Å². The number of alkyl halides is 1. The lowest BCUT2D eigenvalue weighted by molar-refractivity contribution is 0.209. The summed E-state index contributed by atoms with van der Waals surface area (Å²) in [5.74, 6) is 0.861. The van der Waals surface area contributed by atoms with Crippen LogP contribution in [0.1, 0.15) is 13.8 Å². The second kappa shape index (κ2) is 7.59. The SMILES string of the molecule is CC(CO)C(C)NC/C=C/CCl. The summed E-state index contributed by atoms with van der Waals surface area (Å²) in [4.78, 5) is 0. The van der Waals surface area contributed by atoms with Gasteiger partial charge in [0.1, 0.15) is 0 Å². The van der Waals surface area contributed by atoms with E-state index in [0.29, 0.717) is 17.8 Å². The van der Waals surface area contributed by atoms with Gasteiger partial charge < -0.3 is 10.4 Å². The lowest BCUT2D eigenvalue weighted by Gasteiger charge is -2.17. The van der Waals surface area contributed by atoms with Gasteiger partial charge in [-0.15, -0.1) is 11.6 Å². The Balaban J connectivity index is 3.43. The molecule has 0 saturated heterocycles. The zero-order chi connectivity index (χ0) is 9.40. The third-order valence-corrected chi connectivity index (χ3v) is 2.13. The molecule has 0 bridgehead atoms. The van der Waals surface area contributed by atoms with Crippen LogP contribution >= 0.6 is 11.6 Å². The van der Waals surface area contributed by atoms with E-state index in [2.05, 4.69) is 12.2 Å². The highest BCUT2D eigenvalue weighted by Crippen LogP contribution is 1.99. The Morgan fingerprint density at radius 3 is 2.58 bits per heavy atom. The normalized spacial score (nSPS) is 16.7. The van der Waals surface area contributed by atoms with Crippen molar-refractivity contribution in [2.45, 2.75) is 19.9 Å². The number of hydrogen-bond acceptors (Lipinski definition) is 2. The van der Waals surface area contributed by atoms with Gasteiger partial charge >= 0.3 is 0 Å². The third kappa shape index (κ3) is 5.58. The van der Waals surface area contributed by atoms with Gasteiger partial charge in [0.25, 0.3) is 0 Å². The molecule has 0 radical (unpaired) electrons. The van der Waals surface area contributed by atoms with Crippen LogP contribution in [-0.4, -0.2) is 30.2 Å². The van der Waals surface area contributed by atoms with Crippen LogP contribution in [0.4, 0.5) is 0 Å². The van der Waals surface area contributed by atoms with Crippen LogP contribution in [0.5, 0.6) is 0 Å². The summed E-state index contributed by atoms with van der Waals surface area (Å²) in [5.41, 5.74) is 0. The van der Waals surface area contributed by atoms with E-state index in [9.17, 15) is 0 Å². The maximum Gasteiger partial charge on any atom is 0.0471 e. The largest absolute Gasteiger partial charge is 0.396 e. The number of halogens is 1. The number of aliphatic hydroxyl groups is 1. The predicted octanol–water partition coefficient (Wildman–Crippen LogP) is 1.39. The maximum atomic E-state index is 8.83. The smallest absolute Gasteiger partial charge is 0.0471 e. The van der Waals surface area contributed by atoms with Gasteiger partial charge in [0, 0.05) is 25.1 Å². The molecule has 2 N–H and O–H groups in total. The number of rotatable bonds is 6. The highest BCUT2D eigenvalue weighted by atomic mass is 35.5. The van der Waals surface area contributed by atoms with E-state index in [1.165, 1.54) is 0 Å². The van der Waals surface area contributed by atoms with Crippen LogP contribution in [0.15, 0.2) is 12.2 Å². The number of hydrogen-bond donors (Lipinski definition) is 2. The van der Waals surface area contributed by atoms with Crippen LogP contribution in [0.3, 0.4) is 0 Å². The molecule has 0 aliphatic heterocycles. The lowest BCUT2D eigenvalue weighted by atomic mass is 10.1. The molecular weight excluding hydrogens is 174 g/mol. The molecule has 0 aliphatic carbocycles. The molecular formula is C9H18ClNO. The fourth-order valence-corrected chi connectivity index (χ4v) is 0.886.